The Hall–Kier alpha value is -4.19. The Morgan fingerprint density at radius 1 is 0.902 bits per heavy atom. The van der Waals surface area contributed by atoms with Gasteiger partial charge in [-0.05, 0) is 54.2 Å². The summed E-state index contributed by atoms with van der Waals surface area (Å²) in [6.45, 7) is 0.580. The molecule has 0 atom stereocenters. The molecule has 0 spiro atoms. The molecule has 0 aliphatic carbocycles. The fourth-order valence-corrected chi connectivity index (χ4v) is 4.32. The van der Waals surface area contributed by atoms with Crippen LogP contribution < -0.4 is 10.1 Å². The second kappa shape index (κ2) is 11.7. The lowest BCUT2D eigenvalue weighted by Gasteiger charge is -2.18. The van der Waals surface area contributed by atoms with Gasteiger partial charge in [0.1, 0.15) is 12.3 Å². The van der Waals surface area contributed by atoms with Crippen LogP contribution >= 0.6 is 0 Å². The van der Waals surface area contributed by atoms with Crippen molar-refractivity contribution >= 4 is 16.7 Å². The minimum Gasteiger partial charge on any atom is -0.462 e. The molecule has 1 N–H and O–H groups in total. The van der Waals surface area contributed by atoms with Gasteiger partial charge in [0, 0.05) is 25.6 Å². The first kappa shape index (κ1) is 29.8. The van der Waals surface area contributed by atoms with Crippen molar-refractivity contribution < 1.29 is 35.9 Å². The first-order valence-corrected chi connectivity index (χ1v) is 12.4. The number of likely N-dealkylation sites (N-methyl/N-ethyl adjacent to an activating group) is 1. The van der Waals surface area contributed by atoms with Crippen LogP contribution in [0, 0.1) is 0 Å². The van der Waals surface area contributed by atoms with Gasteiger partial charge in [0.2, 0.25) is 0 Å². The third kappa shape index (κ3) is 6.94. The normalized spacial score (nSPS) is 12.1. The van der Waals surface area contributed by atoms with Crippen LogP contribution in [0.2, 0.25) is 0 Å². The van der Waals surface area contributed by atoms with Crippen molar-refractivity contribution in [1.29, 1.82) is 0 Å². The number of benzene rings is 3. The number of carbonyl (C=O) groups is 1. The lowest BCUT2D eigenvalue weighted by molar-refractivity contribution is -0.143. The summed E-state index contributed by atoms with van der Waals surface area (Å²) < 4.78 is 87.3. The summed E-state index contributed by atoms with van der Waals surface area (Å²) in [5.41, 5.74) is -2.63. The number of hydrogen-bond acceptors (Lipinski definition) is 5. The molecule has 0 radical (unpaired) electrons. The molecule has 12 heteroatoms. The molecule has 0 fully saturated rings. The van der Waals surface area contributed by atoms with E-state index in [9.17, 15) is 31.1 Å². The van der Waals surface area contributed by atoms with E-state index in [1.54, 1.807) is 38.4 Å². The predicted molar refractivity (Wildman–Crippen MR) is 142 cm³/mol. The lowest BCUT2D eigenvalue weighted by Crippen LogP contribution is -2.24. The van der Waals surface area contributed by atoms with Crippen molar-refractivity contribution in [3.05, 3.63) is 88.7 Å². The number of halogens is 6. The average Bonchev–Trinajstić information content (AvgIpc) is 2.91. The third-order valence-electron chi connectivity index (χ3n) is 6.25. The van der Waals surface area contributed by atoms with Crippen molar-refractivity contribution in [1.82, 2.24) is 20.2 Å². The highest BCUT2D eigenvalue weighted by atomic mass is 19.4. The molecule has 1 heterocycles. The van der Waals surface area contributed by atoms with E-state index in [4.69, 9.17) is 4.74 Å². The highest BCUT2D eigenvalue weighted by Crippen LogP contribution is 2.38. The fourth-order valence-electron chi connectivity index (χ4n) is 4.32. The molecule has 1 amide bonds. The molecule has 3 aromatic carbocycles. The van der Waals surface area contributed by atoms with Crippen molar-refractivity contribution in [2.24, 2.45) is 0 Å². The molecule has 216 valence electrons. The van der Waals surface area contributed by atoms with Gasteiger partial charge in [0.05, 0.1) is 16.8 Å². The van der Waals surface area contributed by atoms with Crippen LogP contribution in [0.5, 0.6) is 6.01 Å². The largest absolute Gasteiger partial charge is 0.462 e. The Kier molecular flexibility index (Phi) is 8.52. The zero-order chi connectivity index (χ0) is 29.9. The number of hydrogen-bond donors (Lipinski definition) is 1. The van der Waals surface area contributed by atoms with Gasteiger partial charge in [-0.3, -0.25) is 4.79 Å². The number of nitrogens with one attached hydrogen (secondary N) is 1. The number of rotatable bonds is 8. The number of amides is 1. The number of alkyl halides is 6. The molecular weight excluding hydrogens is 550 g/mol. The summed E-state index contributed by atoms with van der Waals surface area (Å²) in [5, 5.41) is 3.98. The van der Waals surface area contributed by atoms with Gasteiger partial charge in [-0.2, -0.15) is 36.3 Å². The van der Waals surface area contributed by atoms with Gasteiger partial charge in [-0.1, -0.05) is 42.5 Å². The smallest absolute Gasteiger partial charge is 0.416 e. The van der Waals surface area contributed by atoms with Crippen molar-refractivity contribution in [2.45, 2.75) is 18.8 Å². The monoisotopic (exact) mass is 576 g/mol. The molecule has 1 aromatic heterocycles. The summed E-state index contributed by atoms with van der Waals surface area (Å²) in [7, 11) is 4.99. The Morgan fingerprint density at radius 2 is 1.54 bits per heavy atom. The van der Waals surface area contributed by atoms with Crippen LogP contribution in [-0.4, -0.2) is 55.1 Å². The van der Waals surface area contributed by atoms with Crippen LogP contribution in [0.15, 0.2) is 60.7 Å². The third-order valence-corrected chi connectivity index (χ3v) is 6.25. The van der Waals surface area contributed by atoms with Crippen LogP contribution in [0.25, 0.3) is 21.9 Å². The van der Waals surface area contributed by atoms with Crippen molar-refractivity contribution in [2.75, 3.05) is 34.3 Å². The Labute approximate surface area is 232 Å². The summed E-state index contributed by atoms with van der Waals surface area (Å²) in [5.74, 6) is -0.630. The lowest BCUT2D eigenvalue weighted by atomic mass is 9.92. The molecule has 0 unspecified atom stereocenters. The molecule has 4 aromatic rings. The number of aromatic nitrogens is 2. The maximum absolute atomic E-state index is 13.6. The molecule has 0 bridgehead atoms. The number of fused-ring (bicyclic) bond motifs is 1. The summed E-state index contributed by atoms with van der Waals surface area (Å²) >= 11 is 0. The van der Waals surface area contributed by atoms with Gasteiger partial charge in [0.25, 0.3) is 5.91 Å². The highest BCUT2D eigenvalue weighted by molar-refractivity contribution is 6.05. The Bertz CT molecular complexity index is 1530. The van der Waals surface area contributed by atoms with Crippen molar-refractivity contribution in [3.63, 3.8) is 0 Å². The Morgan fingerprint density at radius 3 is 2.15 bits per heavy atom. The van der Waals surface area contributed by atoms with Gasteiger partial charge in [-0.25, -0.2) is 0 Å². The van der Waals surface area contributed by atoms with Gasteiger partial charge < -0.3 is 15.0 Å². The predicted octanol–water partition coefficient (Wildman–Crippen LogP) is 6.23. The summed E-state index contributed by atoms with van der Waals surface area (Å²) in [6, 6.07) is 13.6. The quantitative estimate of drug-likeness (QED) is 0.252. The van der Waals surface area contributed by atoms with E-state index >= 15 is 0 Å². The van der Waals surface area contributed by atoms with Crippen LogP contribution in [0.4, 0.5) is 26.3 Å². The van der Waals surface area contributed by atoms with E-state index in [-0.39, 0.29) is 41.2 Å². The maximum atomic E-state index is 13.6. The fraction of sp³-hybridized carbons (Fsp3) is 0.276. The number of ether oxygens (including phenoxy) is 1. The minimum atomic E-state index is -5.02. The molecule has 4 rings (SSSR count). The first-order chi connectivity index (χ1) is 19.3. The maximum Gasteiger partial charge on any atom is 0.416 e. The molecule has 41 heavy (non-hydrogen) atoms. The first-order valence-electron chi connectivity index (χ1n) is 12.4. The molecule has 6 nitrogen and oxygen atoms in total. The SMILES string of the molecule is CNC(=O)c1nc(OCCN(C)C)nc(Cc2cc(C(F)(F)F)cc(C(F)(F)F)c2)c1-c1cccc2ccccc12. The second-order valence-electron chi connectivity index (χ2n) is 9.52. The van der Waals surface area contributed by atoms with E-state index in [0.29, 0.717) is 29.6 Å². The highest BCUT2D eigenvalue weighted by Gasteiger charge is 2.37. The van der Waals surface area contributed by atoms with Gasteiger partial charge in [0.15, 0.2) is 0 Å². The van der Waals surface area contributed by atoms with E-state index in [0.717, 1.165) is 5.39 Å². The topological polar surface area (TPSA) is 67.3 Å². The number of nitrogens with zero attached hydrogens (tertiary/aromatic N) is 3. The van der Waals surface area contributed by atoms with Gasteiger partial charge >= 0.3 is 18.4 Å². The van der Waals surface area contributed by atoms with E-state index < -0.39 is 35.8 Å². The Balaban J connectivity index is 1.99. The van der Waals surface area contributed by atoms with Crippen molar-refractivity contribution in [3.8, 4) is 17.1 Å². The zero-order valence-electron chi connectivity index (χ0n) is 22.3. The molecule has 0 saturated heterocycles. The van der Waals surface area contributed by atoms with Gasteiger partial charge in [-0.15, -0.1) is 0 Å². The molecular formula is C29H26F6N4O2. The van der Waals surface area contributed by atoms with Crippen LogP contribution in [-0.2, 0) is 18.8 Å². The molecule has 0 saturated carbocycles. The van der Waals surface area contributed by atoms with E-state index in [1.807, 2.05) is 23.1 Å². The van der Waals surface area contributed by atoms with Crippen LogP contribution in [0.1, 0.15) is 32.9 Å². The average molecular weight is 577 g/mol. The van der Waals surface area contributed by atoms with E-state index in [1.165, 1.54) is 7.05 Å². The van der Waals surface area contributed by atoms with E-state index in [2.05, 4.69) is 15.3 Å². The van der Waals surface area contributed by atoms with Crippen LogP contribution in [0.3, 0.4) is 0 Å². The molecule has 0 aliphatic rings. The summed E-state index contributed by atoms with van der Waals surface area (Å²) in [4.78, 5) is 23.6. The molecule has 0 aliphatic heterocycles. The number of carbonyl (C=O) groups excluding carboxylic acids is 1. The standard InChI is InChI=1S/C29H26F6N4O2/c1-36-26(40)25-24(22-10-6-8-18-7-4-5-9-21(18)22)23(37-27(38-25)41-12-11-39(2)3)15-17-13-19(28(30,31)32)16-20(14-17)29(33,34)35/h4-10,13-14,16H,11-12,15H2,1-3H3,(H,36,40). The zero-order valence-corrected chi connectivity index (χ0v) is 22.3. The second-order valence-corrected chi connectivity index (χ2v) is 9.52. The minimum absolute atomic E-state index is 0.0299. The summed E-state index contributed by atoms with van der Waals surface area (Å²) in [6.07, 6.45) is -10.5.